The zero-order valence-electron chi connectivity index (χ0n) is 16.5. The molecule has 1 heterocycles. The lowest BCUT2D eigenvalue weighted by atomic mass is 9.78. The van der Waals surface area contributed by atoms with Gasteiger partial charge in [0.25, 0.3) is 0 Å². The Labute approximate surface area is 171 Å². The Morgan fingerprint density at radius 3 is 2.40 bits per heavy atom. The zero-order chi connectivity index (χ0) is 18.0. The van der Waals surface area contributed by atoms with E-state index in [1.165, 1.54) is 25.7 Å². The minimum atomic E-state index is -3.02. The van der Waals surface area contributed by atoms with Crippen LogP contribution >= 0.6 is 24.0 Å². The van der Waals surface area contributed by atoms with Crippen molar-refractivity contribution in [3.63, 3.8) is 0 Å². The maximum atomic E-state index is 12.2. The molecule has 1 aliphatic carbocycles. The lowest BCUT2D eigenvalue weighted by Gasteiger charge is -2.39. The molecule has 1 saturated heterocycles. The summed E-state index contributed by atoms with van der Waals surface area (Å²) in [7, 11) is -3.02. The molecule has 1 N–H and O–H groups in total. The number of rotatable bonds is 4. The van der Waals surface area contributed by atoms with Crippen molar-refractivity contribution in [2.75, 3.05) is 31.9 Å². The molecule has 0 spiro atoms. The number of hydrogen-bond donors (Lipinski definition) is 1. The molecule has 0 aromatic rings. The standard InChI is InChI=1S/C18H35N3O2S.HI/c1-6-19-16(20-13-17(2,3)15-9-7-8-10-15)21-11-12-24(22,23)18(4,5)14-21;/h15H,6-14H2,1-5H3,(H,19,20);1H. The van der Waals surface area contributed by atoms with Crippen LogP contribution in [0.3, 0.4) is 0 Å². The second-order valence-electron chi connectivity index (χ2n) is 8.64. The van der Waals surface area contributed by atoms with Gasteiger partial charge in [-0.05, 0) is 44.9 Å². The lowest BCUT2D eigenvalue weighted by molar-refractivity contribution is 0.226. The normalized spacial score (nSPS) is 24.0. The Morgan fingerprint density at radius 2 is 1.88 bits per heavy atom. The van der Waals surface area contributed by atoms with Crippen molar-refractivity contribution >= 4 is 39.8 Å². The third-order valence-electron chi connectivity index (χ3n) is 5.77. The molecule has 2 rings (SSSR count). The van der Waals surface area contributed by atoms with Gasteiger partial charge in [0.05, 0.1) is 10.5 Å². The van der Waals surface area contributed by atoms with Crippen molar-refractivity contribution in [2.24, 2.45) is 16.3 Å². The topological polar surface area (TPSA) is 61.8 Å². The van der Waals surface area contributed by atoms with Crippen LogP contribution in [-0.2, 0) is 9.84 Å². The highest BCUT2D eigenvalue weighted by molar-refractivity contribution is 14.0. The van der Waals surface area contributed by atoms with Crippen molar-refractivity contribution < 1.29 is 8.42 Å². The molecular formula is C18H36IN3O2S. The minimum absolute atomic E-state index is 0. The van der Waals surface area contributed by atoms with E-state index >= 15 is 0 Å². The first-order chi connectivity index (χ1) is 11.1. The van der Waals surface area contributed by atoms with Crippen LogP contribution in [0.5, 0.6) is 0 Å². The summed E-state index contributed by atoms with van der Waals surface area (Å²) in [5.74, 6) is 1.82. The molecule has 5 nitrogen and oxygen atoms in total. The number of aliphatic imine (C=N–C) groups is 1. The fraction of sp³-hybridized carbons (Fsp3) is 0.944. The molecule has 0 amide bonds. The van der Waals surface area contributed by atoms with E-state index < -0.39 is 14.6 Å². The summed E-state index contributed by atoms with van der Waals surface area (Å²) in [6.45, 7) is 13.0. The van der Waals surface area contributed by atoms with E-state index in [-0.39, 0.29) is 35.1 Å². The van der Waals surface area contributed by atoms with Crippen molar-refractivity contribution in [1.82, 2.24) is 10.2 Å². The number of sulfone groups is 1. The third kappa shape index (κ3) is 5.47. The van der Waals surface area contributed by atoms with Gasteiger partial charge in [0.15, 0.2) is 15.8 Å². The van der Waals surface area contributed by atoms with Crippen molar-refractivity contribution in [3.05, 3.63) is 0 Å². The maximum absolute atomic E-state index is 12.2. The highest BCUT2D eigenvalue weighted by atomic mass is 127. The predicted octanol–water partition coefficient (Wildman–Crippen LogP) is 3.30. The van der Waals surface area contributed by atoms with Gasteiger partial charge >= 0.3 is 0 Å². The SMILES string of the molecule is CCNC(=NCC(C)(C)C1CCCC1)N1CCS(=O)(=O)C(C)(C)C1.I. The predicted molar refractivity (Wildman–Crippen MR) is 117 cm³/mol. The molecule has 2 aliphatic rings. The Bertz CT molecular complexity index is 567. The van der Waals surface area contributed by atoms with Crippen LogP contribution in [0.15, 0.2) is 4.99 Å². The number of guanidine groups is 1. The molecule has 0 bridgehead atoms. The molecule has 0 aromatic heterocycles. The van der Waals surface area contributed by atoms with E-state index in [0.717, 1.165) is 25.0 Å². The summed E-state index contributed by atoms with van der Waals surface area (Å²) in [5.41, 5.74) is 0.203. The van der Waals surface area contributed by atoms with Gasteiger partial charge in [-0.25, -0.2) is 8.42 Å². The fourth-order valence-electron chi connectivity index (χ4n) is 3.87. The highest BCUT2D eigenvalue weighted by Gasteiger charge is 2.41. The van der Waals surface area contributed by atoms with E-state index in [1.54, 1.807) is 0 Å². The van der Waals surface area contributed by atoms with E-state index in [2.05, 4.69) is 31.0 Å². The quantitative estimate of drug-likeness (QED) is 0.377. The number of nitrogens with zero attached hydrogens (tertiary/aromatic N) is 2. The average Bonchev–Trinajstić information content (AvgIpc) is 3.01. The van der Waals surface area contributed by atoms with Crippen molar-refractivity contribution in [3.8, 4) is 0 Å². The van der Waals surface area contributed by atoms with E-state index in [9.17, 15) is 8.42 Å². The van der Waals surface area contributed by atoms with E-state index in [0.29, 0.717) is 13.1 Å². The van der Waals surface area contributed by atoms with Crippen LogP contribution in [0, 0.1) is 11.3 Å². The van der Waals surface area contributed by atoms with Gasteiger partial charge in [-0.15, -0.1) is 24.0 Å². The van der Waals surface area contributed by atoms with E-state index in [1.807, 2.05) is 13.8 Å². The molecule has 1 aliphatic heterocycles. The van der Waals surface area contributed by atoms with Gasteiger partial charge in [-0.1, -0.05) is 26.7 Å². The van der Waals surface area contributed by atoms with Crippen LogP contribution in [0.25, 0.3) is 0 Å². The molecule has 7 heteroatoms. The van der Waals surface area contributed by atoms with Gasteiger partial charge < -0.3 is 10.2 Å². The van der Waals surface area contributed by atoms with Crippen molar-refractivity contribution in [2.45, 2.75) is 65.0 Å². The minimum Gasteiger partial charge on any atom is -0.357 e. The molecule has 25 heavy (non-hydrogen) atoms. The summed E-state index contributed by atoms with van der Waals surface area (Å²) in [4.78, 5) is 7.02. The molecule has 2 fully saturated rings. The highest BCUT2D eigenvalue weighted by Crippen LogP contribution is 2.39. The van der Waals surface area contributed by atoms with Crippen LogP contribution < -0.4 is 5.32 Å². The second-order valence-corrected chi connectivity index (χ2v) is 11.4. The Hall–Kier alpha value is -0.0500. The fourth-order valence-corrected chi connectivity index (χ4v) is 5.23. The van der Waals surface area contributed by atoms with Gasteiger partial charge in [0.2, 0.25) is 0 Å². The molecular weight excluding hydrogens is 449 g/mol. The average molecular weight is 485 g/mol. The summed E-state index contributed by atoms with van der Waals surface area (Å²) >= 11 is 0. The summed E-state index contributed by atoms with van der Waals surface area (Å²) in [6, 6.07) is 0. The monoisotopic (exact) mass is 485 g/mol. The first kappa shape index (κ1) is 23.0. The molecule has 0 unspecified atom stereocenters. The first-order valence-corrected chi connectivity index (χ1v) is 11.0. The van der Waals surface area contributed by atoms with Crippen molar-refractivity contribution in [1.29, 1.82) is 0 Å². The number of halogens is 1. The molecule has 0 atom stereocenters. The van der Waals surface area contributed by atoms with Gasteiger partial charge in [-0.3, -0.25) is 4.99 Å². The van der Waals surface area contributed by atoms with Gasteiger partial charge in [0, 0.05) is 26.2 Å². The Balaban J connectivity index is 0.00000312. The largest absolute Gasteiger partial charge is 0.357 e. The van der Waals surface area contributed by atoms with E-state index in [4.69, 9.17) is 4.99 Å². The zero-order valence-corrected chi connectivity index (χ0v) is 19.6. The maximum Gasteiger partial charge on any atom is 0.194 e. The van der Waals surface area contributed by atoms with Crippen LogP contribution in [0.1, 0.15) is 60.3 Å². The first-order valence-electron chi connectivity index (χ1n) is 9.34. The van der Waals surface area contributed by atoms with Gasteiger partial charge in [0.1, 0.15) is 0 Å². The molecule has 1 saturated carbocycles. The number of nitrogens with one attached hydrogen (secondary N) is 1. The van der Waals surface area contributed by atoms with Crippen LogP contribution in [0.4, 0.5) is 0 Å². The molecule has 0 aromatic carbocycles. The third-order valence-corrected chi connectivity index (χ3v) is 8.31. The Morgan fingerprint density at radius 1 is 1.28 bits per heavy atom. The lowest BCUT2D eigenvalue weighted by Crippen LogP contribution is -2.57. The smallest absolute Gasteiger partial charge is 0.194 e. The van der Waals surface area contributed by atoms with Crippen LogP contribution in [0.2, 0.25) is 0 Å². The summed E-state index contributed by atoms with van der Waals surface area (Å²) in [6.07, 6.45) is 5.31. The summed E-state index contributed by atoms with van der Waals surface area (Å²) in [5, 5.41) is 3.36. The Kier molecular flexibility index (Phi) is 8.05. The molecule has 0 radical (unpaired) electrons. The number of hydrogen-bond acceptors (Lipinski definition) is 3. The summed E-state index contributed by atoms with van der Waals surface area (Å²) < 4.78 is 23.7. The second kappa shape index (κ2) is 8.76. The molecule has 148 valence electrons. The van der Waals surface area contributed by atoms with Gasteiger partial charge in [-0.2, -0.15) is 0 Å². The van der Waals surface area contributed by atoms with Crippen LogP contribution in [-0.4, -0.2) is 56.0 Å².